The smallest absolute Gasteiger partial charge is 0.337 e. The van der Waals surface area contributed by atoms with Gasteiger partial charge in [0.15, 0.2) is 20.2 Å². The van der Waals surface area contributed by atoms with Crippen LogP contribution in [0.5, 0.6) is 23.0 Å². The van der Waals surface area contributed by atoms with E-state index >= 15 is 0 Å². The Morgan fingerprint density at radius 2 is 0.797 bits per heavy atom. The molecule has 3 saturated heterocycles. The second-order valence-electron chi connectivity index (χ2n) is 27.4. The minimum Gasteiger partial charge on any atom is -1.00 e. The van der Waals surface area contributed by atoms with Gasteiger partial charge in [-0.1, -0.05) is 112 Å². The van der Waals surface area contributed by atoms with Crippen LogP contribution in [0.15, 0.2) is 210 Å². The maximum absolute atomic E-state index is 12.5. The van der Waals surface area contributed by atoms with E-state index in [0.717, 1.165) is 226 Å². The van der Waals surface area contributed by atoms with Crippen LogP contribution in [-0.2, 0) is 51.0 Å². The molecule has 0 aliphatic carbocycles. The van der Waals surface area contributed by atoms with Gasteiger partial charge in [0.1, 0.15) is 36.2 Å². The summed E-state index contributed by atoms with van der Waals surface area (Å²) in [5, 5.41) is 14.7. The number of nitrogen functional groups attached to an aromatic ring is 1. The second-order valence-corrected chi connectivity index (χ2v) is 31.3. The number of rotatable bonds is 27. The van der Waals surface area contributed by atoms with Gasteiger partial charge in [-0.3, -0.25) is 19.5 Å². The molecule has 16 rings (SSSR count). The van der Waals surface area contributed by atoms with Crippen molar-refractivity contribution in [3.8, 4) is 23.0 Å². The molecule has 7 heterocycles. The molecular formula is C89H100Br2N13O15S4-. The van der Waals surface area contributed by atoms with Gasteiger partial charge in [0, 0.05) is 111 Å². The van der Waals surface area contributed by atoms with Crippen LogP contribution in [0, 0.1) is 4.77 Å². The first-order chi connectivity index (χ1) is 59.5. The third kappa shape index (κ3) is 30.3. The summed E-state index contributed by atoms with van der Waals surface area (Å²) in [6.45, 7) is 14.8. The summed E-state index contributed by atoms with van der Waals surface area (Å²) in [5.41, 5.74) is 21.4. The molecule has 0 radical (unpaired) electrons. The van der Waals surface area contributed by atoms with Crippen LogP contribution in [0.3, 0.4) is 0 Å². The number of aromatic nitrogens is 8. The molecule has 28 nitrogen and oxygen atoms in total. The number of nitrogens with zero attached hydrogens (tertiary/aromatic N) is 6. The summed E-state index contributed by atoms with van der Waals surface area (Å²) in [7, 11) is 7.42. The number of aromatic amines is 5. The quantitative estimate of drug-likeness (QED) is 0.00592. The number of amides is 1. The van der Waals surface area contributed by atoms with Gasteiger partial charge in [-0.15, -0.1) is 0 Å². The fourth-order valence-electron chi connectivity index (χ4n) is 12.3. The first kappa shape index (κ1) is 94.9. The Morgan fingerprint density at radius 3 is 1.18 bits per heavy atom. The lowest BCUT2D eigenvalue weighted by Crippen LogP contribution is -3.00. The van der Waals surface area contributed by atoms with Gasteiger partial charge < -0.3 is 105 Å². The van der Waals surface area contributed by atoms with E-state index in [1.807, 2.05) is 146 Å². The molecule has 0 unspecified atom stereocenters. The number of carbonyl (C=O) groups excluding carboxylic acids is 4. The summed E-state index contributed by atoms with van der Waals surface area (Å²) in [6, 6.07) is 60.2. The number of benzene rings is 9. The Kier molecular flexibility index (Phi) is 38.9. The minimum atomic E-state index is -0.325. The molecule has 3 aliphatic heterocycles. The van der Waals surface area contributed by atoms with Gasteiger partial charge in [0.05, 0.1) is 154 Å². The first-order valence-corrected chi connectivity index (χ1v) is 43.8. The van der Waals surface area contributed by atoms with Crippen LogP contribution in [0.1, 0.15) is 63.7 Å². The number of hydrogen-bond acceptors (Lipinski definition) is 26. The predicted molar refractivity (Wildman–Crippen MR) is 485 cm³/mol. The molecule has 0 saturated carbocycles. The standard InChI is InChI=1S/C27H29N5O3S.C22H25N3O4S.C17H16N2O3S.C9H9BrO2.C8H8N2OS.C6H13NO2.BrH/c28-22-3-1-2-4-23(22)29-26(33)20-7-5-19(6-8-20)18-36-27-30-24-10-9-21(17-25(24)31-27)35-16-13-32-11-14-34-15-12-32;1-27-21(26)17-4-2-16(3-5-17)15-30-22-23-19-7-6-18(14-20(19)24-22)29-13-10-25-8-11-28-12-9-25;1-21-13-7-8-14-15(9-13)19-17(18-14)23-10-11-3-5-12(6-4-11)16(20)22-2;1-12-9(11)8-4-2-7(6-10)3-5-8;1-11-5-2-3-6-7(4-5)10-8(12)9-6;8-4-1-7-2-5-9-6-3-7;/h1-10,17H,11-16,18,28H2,(H,29,33)(H,30,31);2-7,14H,8-13,15H2,1H3,(H,23,24);3-9H,10H2,1-2H3,(H,18,19);2-5H,6H2,1H3;2-4H,1H3,(H2,9,10,12);8H,1-6H2;1H/p-1. The summed E-state index contributed by atoms with van der Waals surface area (Å²) < 4.78 is 52.6. The predicted octanol–water partition coefficient (Wildman–Crippen LogP) is 12.3. The summed E-state index contributed by atoms with van der Waals surface area (Å²) in [5.74, 6) is 4.42. The number of β-amino-alcohol motifs (C(OH)–C–C–N with tert-alkyl or cyclic N) is 1. The van der Waals surface area contributed by atoms with E-state index in [1.54, 1.807) is 98.0 Å². The average Bonchev–Trinajstić information content (AvgIpc) is 1.70. The highest BCUT2D eigenvalue weighted by molar-refractivity contribution is 9.08. The monoisotopic (exact) mass is 1880 g/mol. The minimum absolute atomic E-state index is 0. The number of carbonyl (C=O) groups is 4. The molecule has 13 aromatic rings. The molecule has 1 amide bonds. The van der Waals surface area contributed by atoms with Crippen molar-refractivity contribution in [2.24, 2.45) is 0 Å². The number of anilines is 2. The van der Waals surface area contributed by atoms with Crippen molar-refractivity contribution in [2.45, 2.75) is 38.1 Å². The zero-order valence-electron chi connectivity index (χ0n) is 68.8. The number of imidazole rings is 4. The van der Waals surface area contributed by atoms with Gasteiger partial charge in [0.2, 0.25) is 0 Å². The molecule has 3 aliphatic rings. The molecule has 4 aromatic heterocycles. The van der Waals surface area contributed by atoms with E-state index in [-0.39, 0.29) is 47.4 Å². The largest absolute Gasteiger partial charge is 1.00 e. The van der Waals surface area contributed by atoms with Gasteiger partial charge in [0.25, 0.3) is 5.91 Å². The van der Waals surface area contributed by atoms with Gasteiger partial charge >= 0.3 is 17.9 Å². The Hall–Kier alpha value is -10.3. The van der Waals surface area contributed by atoms with Crippen molar-refractivity contribution in [1.82, 2.24) is 54.6 Å². The molecule has 34 heteroatoms. The zero-order valence-corrected chi connectivity index (χ0v) is 75.3. The topological polar surface area (TPSA) is 346 Å². The Morgan fingerprint density at radius 1 is 0.447 bits per heavy atom. The van der Waals surface area contributed by atoms with E-state index in [2.05, 4.69) is 85.3 Å². The number of thioether (sulfide) groups is 3. The highest BCUT2D eigenvalue weighted by Gasteiger charge is 2.17. The summed E-state index contributed by atoms with van der Waals surface area (Å²) >= 11 is 13.1. The highest BCUT2D eigenvalue weighted by atomic mass is 79.9. The third-order valence-corrected chi connectivity index (χ3v) is 22.8. The van der Waals surface area contributed by atoms with Crippen LogP contribution in [0.2, 0.25) is 0 Å². The SMILES string of the molecule is COC(=O)c1ccc(CBr)cc1.COC(=O)c1ccc(CSc2nc3ccc(OC)cc3[nH]2)cc1.COC(=O)c1ccc(CSc2nc3ccc(OCCN4CCOCC4)cc3[nH]2)cc1.COc1ccc2[nH]c(=S)[nH]c2c1.Nc1ccccc1NC(=O)c1ccc(CSc2nc3ccc(OCCN4CCOCC4)cc3[nH]2)cc1.OCCN1CCOCC1.[Br-]. The molecule has 123 heavy (non-hydrogen) atoms. The molecule has 9 aromatic carbocycles. The van der Waals surface area contributed by atoms with E-state index in [0.29, 0.717) is 51.6 Å². The van der Waals surface area contributed by atoms with Crippen molar-refractivity contribution < 1.29 is 88.6 Å². The average molecular weight is 1880 g/mol. The van der Waals surface area contributed by atoms with Crippen LogP contribution in [0.25, 0.3) is 44.1 Å². The number of hydrogen-bond donors (Lipinski definition) is 8. The van der Waals surface area contributed by atoms with Gasteiger partial charge in [-0.2, -0.15) is 0 Å². The molecular weight excluding hydrogens is 1780 g/mol. The Labute approximate surface area is 750 Å². The molecule has 9 N–H and O–H groups in total. The number of ether oxygens (including phenoxy) is 10. The van der Waals surface area contributed by atoms with E-state index < -0.39 is 0 Å². The van der Waals surface area contributed by atoms with E-state index in [9.17, 15) is 19.2 Å². The number of halogens is 2. The number of nitrogens with one attached hydrogen (secondary N) is 6. The van der Waals surface area contributed by atoms with Crippen LogP contribution < -0.4 is 47.0 Å². The van der Waals surface area contributed by atoms with Gasteiger partial charge in [-0.05, 0) is 144 Å². The lowest BCUT2D eigenvalue weighted by atomic mass is 10.1. The maximum Gasteiger partial charge on any atom is 0.337 e. The summed E-state index contributed by atoms with van der Waals surface area (Å²) in [4.78, 5) is 83.2. The fourth-order valence-corrected chi connectivity index (χ4v) is 15.4. The molecule has 0 bridgehead atoms. The lowest BCUT2D eigenvalue weighted by Gasteiger charge is -2.26. The number of para-hydroxylation sites is 2. The second kappa shape index (κ2) is 50.5. The van der Waals surface area contributed by atoms with Crippen LogP contribution >= 0.6 is 63.4 Å². The number of aliphatic hydroxyl groups excluding tert-OH is 1. The van der Waals surface area contributed by atoms with E-state index in [1.165, 1.54) is 21.3 Å². The first-order valence-electron chi connectivity index (χ1n) is 39.3. The summed E-state index contributed by atoms with van der Waals surface area (Å²) in [6.07, 6.45) is 0. The fraction of sp³-hybridized carbons (Fsp3) is 0.303. The van der Waals surface area contributed by atoms with Crippen molar-refractivity contribution in [3.63, 3.8) is 0 Å². The van der Waals surface area contributed by atoms with Crippen molar-refractivity contribution in [1.29, 1.82) is 0 Å². The maximum atomic E-state index is 12.5. The lowest BCUT2D eigenvalue weighted by molar-refractivity contribution is -0.0000816. The number of H-pyrrole nitrogens is 5. The number of fused-ring (bicyclic) bond motifs is 4. The van der Waals surface area contributed by atoms with E-state index in [4.69, 9.17) is 61.0 Å². The highest BCUT2D eigenvalue weighted by Crippen LogP contribution is 2.31. The normalized spacial score (nSPS) is 13.3. The number of aliphatic hydroxyl groups is 1. The number of methoxy groups -OCH3 is 5. The third-order valence-electron chi connectivity index (χ3n) is 19.2. The molecule has 3 fully saturated rings. The van der Waals surface area contributed by atoms with Crippen molar-refractivity contribution >= 4 is 143 Å². The number of esters is 3. The molecule has 0 atom stereocenters. The Balaban J connectivity index is 0.000000164. The number of morpholine rings is 3. The number of alkyl halides is 1. The van der Waals surface area contributed by atoms with Crippen molar-refractivity contribution in [2.75, 3.05) is 165 Å². The molecule has 0 spiro atoms. The van der Waals surface area contributed by atoms with Gasteiger partial charge in [-0.25, -0.2) is 29.3 Å². The van der Waals surface area contributed by atoms with Crippen molar-refractivity contribution in [3.05, 3.63) is 243 Å². The zero-order chi connectivity index (χ0) is 85.8. The van der Waals surface area contributed by atoms with Crippen LogP contribution in [0.4, 0.5) is 11.4 Å². The number of nitrogens with two attached hydrogens (primary N) is 1. The Bertz CT molecular complexity index is 5510. The van der Waals surface area contributed by atoms with Crippen LogP contribution in [-0.4, -0.2) is 237 Å². The molecule has 650 valence electrons.